The zero-order chi connectivity index (χ0) is 13.2. The van der Waals surface area contributed by atoms with Crippen LogP contribution in [0.5, 0.6) is 5.75 Å². The Balaban J connectivity index is 2.05. The van der Waals surface area contributed by atoms with Gasteiger partial charge in [-0.05, 0) is 36.5 Å². The van der Waals surface area contributed by atoms with E-state index in [2.05, 4.69) is 6.07 Å². The zero-order valence-corrected chi connectivity index (χ0v) is 11.1. The normalized spacial score (nSPS) is 15.5. The molecule has 2 aromatic carbocycles. The summed E-state index contributed by atoms with van der Waals surface area (Å²) in [5.74, 6) is 0.879. The summed E-state index contributed by atoms with van der Waals surface area (Å²) in [6.45, 7) is 2.76. The Morgan fingerprint density at radius 1 is 1.05 bits per heavy atom. The number of para-hydroxylation sites is 1. The molecule has 1 aliphatic rings. The molecule has 3 rings (SSSR count). The van der Waals surface area contributed by atoms with E-state index in [1.54, 1.807) is 0 Å². The summed E-state index contributed by atoms with van der Waals surface area (Å²) in [6, 6.07) is 14.0. The highest BCUT2D eigenvalue weighted by molar-refractivity contribution is 5.47. The minimum Gasteiger partial charge on any atom is -0.493 e. The summed E-state index contributed by atoms with van der Waals surface area (Å²) < 4.78 is 5.78. The molecule has 1 unspecified atom stereocenters. The third-order valence-corrected chi connectivity index (χ3v) is 3.74. The molecular weight excluding hydrogens is 236 g/mol. The van der Waals surface area contributed by atoms with Crippen LogP contribution in [-0.2, 0) is 6.42 Å². The Bertz CT molecular complexity index is 590. The minimum atomic E-state index is -0.616. The Morgan fingerprint density at radius 2 is 1.84 bits per heavy atom. The van der Waals surface area contributed by atoms with E-state index in [4.69, 9.17) is 4.74 Å². The number of fused-ring (bicyclic) bond motifs is 1. The van der Waals surface area contributed by atoms with Crippen molar-refractivity contribution in [1.82, 2.24) is 0 Å². The maximum atomic E-state index is 10.6. The molecule has 0 saturated heterocycles. The van der Waals surface area contributed by atoms with Crippen molar-refractivity contribution in [1.29, 1.82) is 0 Å². The van der Waals surface area contributed by atoms with Crippen molar-refractivity contribution in [2.24, 2.45) is 0 Å². The van der Waals surface area contributed by atoms with Crippen molar-refractivity contribution in [2.75, 3.05) is 6.61 Å². The van der Waals surface area contributed by atoms with E-state index in [0.717, 1.165) is 41.9 Å². The summed E-state index contributed by atoms with van der Waals surface area (Å²) in [5.41, 5.74) is 4.14. The molecule has 98 valence electrons. The average molecular weight is 254 g/mol. The quantitative estimate of drug-likeness (QED) is 0.890. The van der Waals surface area contributed by atoms with Gasteiger partial charge in [-0.3, -0.25) is 0 Å². The molecule has 2 heteroatoms. The Labute approximate surface area is 113 Å². The van der Waals surface area contributed by atoms with E-state index >= 15 is 0 Å². The monoisotopic (exact) mass is 254 g/mol. The number of hydrogen-bond donors (Lipinski definition) is 1. The molecule has 0 bridgehead atoms. The third kappa shape index (κ3) is 2.24. The van der Waals surface area contributed by atoms with E-state index in [-0.39, 0.29) is 0 Å². The summed E-state index contributed by atoms with van der Waals surface area (Å²) >= 11 is 0. The summed E-state index contributed by atoms with van der Waals surface area (Å²) in [6.07, 6.45) is 1.47. The molecule has 0 aromatic heterocycles. The van der Waals surface area contributed by atoms with Crippen LogP contribution >= 0.6 is 0 Å². The highest BCUT2D eigenvalue weighted by Crippen LogP contribution is 2.36. The SMILES string of the molecule is Cc1ccccc1C(O)c1cccc2c1OCCC2. The lowest BCUT2D eigenvalue weighted by atomic mass is 9.93. The van der Waals surface area contributed by atoms with Gasteiger partial charge in [0, 0.05) is 5.56 Å². The molecule has 1 aliphatic heterocycles. The Morgan fingerprint density at radius 3 is 2.68 bits per heavy atom. The summed E-state index contributed by atoms with van der Waals surface area (Å²) in [4.78, 5) is 0. The number of aliphatic hydroxyl groups is 1. The van der Waals surface area contributed by atoms with Gasteiger partial charge in [0.15, 0.2) is 0 Å². The average Bonchev–Trinajstić information content (AvgIpc) is 2.46. The predicted molar refractivity (Wildman–Crippen MR) is 75.5 cm³/mol. The second-order valence-electron chi connectivity index (χ2n) is 5.05. The number of ether oxygens (including phenoxy) is 1. The molecule has 0 amide bonds. The fourth-order valence-electron chi connectivity index (χ4n) is 2.69. The van der Waals surface area contributed by atoms with Crippen LogP contribution in [0.25, 0.3) is 0 Å². The van der Waals surface area contributed by atoms with Crippen LogP contribution in [0.3, 0.4) is 0 Å². The number of rotatable bonds is 2. The molecule has 1 heterocycles. The van der Waals surface area contributed by atoms with Gasteiger partial charge in [0.25, 0.3) is 0 Å². The molecule has 0 radical (unpaired) electrons. The lowest BCUT2D eigenvalue weighted by Gasteiger charge is -2.23. The van der Waals surface area contributed by atoms with E-state index in [0.29, 0.717) is 0 Å². The second-order valence-corrected chi connectivity index (χ2v) is 5.05. The first-order valence-corrected chi connectivity index (χ1v) is 6.75. The van der Waals surface area contributed by atoms with Gasteiger partial charge in [0.1, 0.15) is 11.9 Å². The summed E-state index contributed by atoms with van der Waals surface area (Å²) in [7, 11) is 0. The van der Waals surface area contributed by atoms with Crippen LogP contribution in [0.2, 0.25) is 0 Å². The van der Waals surface area contributed by atoms with Crippen LogP contribution in [0.1, 0.15) is 34.8 Å². The number of aryl methyl sites for hydroxylation is 2. The predicted octanol–water partition coefficient (Wildman–Crippen LogP) is 3.40. The van der Waals surface area contributed by atoms with Gasteiger partial charge in [0.2, 0.25) is 0 Å². The molecule has 1 N–H and O–H groups in total. The molecule has 1 atom stereocenters. The molecular formula is C17H18O2. The van der Waals surface area contributed by atoms with Crippen molar-refractivity contribution < 1.29 is 9.84 Å². The van der Waals surface area contributed by atoms with Crippen LogP contribution in [-0.4, -0.2) is 11.7 Å². The van der Waals surface area contributed by atoms with Crippen LogP contribution in [0, 0.1) is 6.92 Å². The van der Waals surface area contributed by atoms with Gasteiger partial charge in [-0.2, -0.15) is 0 Å². The van der Waals surface area contributed by atoms with Gasteiger partial charge in [-0.15, -0.1) is 0 Å². The number of benzene rings is 2. The maximum Gasteiger partial charge on any atom is 0.128 e. The largest absolute Gasteiger partial charge is 0.493 e. The van der Waals surface area contributed by atoms with Crippen molar-refractivity contribution >= 4 is 0 Å². The second kappa shape index (κ2) is 5.06. The molecule has 0 aliphatic carbocycles. The van der Waals surface area contributed by atoms with Crippen LogP contribution < -0.4 is 4.74 Å². The molecule has 0 spiro atoms. The number of aliphatic hydroxyl groups excluding tert-OH is 1. The first-order valence-electron chi connectivity index (χ1n) is 6.75. The van der Waals surface area contributed by atoms with Gasteiger partial charge in [-0.1, -0.05) is 42.5 Å². The maximum absolute atomic E-state index is 10.6. The fraction of sp³-hybridized carbons (Fsp3) is 0.294. The standard InChI is InChI=1S/C17H18O2/c1-12-6-2-3-9-14(12)16(18)15-10-4-7-13-8-5-11-19-17(13)15/h2-4,6-7,9-10,16,18H,5,8,11H2,1H3. The molecule has 2 nitrogen and oxygen atoms in total. The summed E-state index contributed by atoms with van der Waals surface area (Å²) in [5, 5.41) is 10.6. The van der Waals surface area contributed by atoms with Crippen molar-refractivity contribution in [3.8, 4) is 5.75 Å². The van der Waals surface area contributed by atoms with Crippen molar-refractivity contribution in [3.63, 3.8) is 0 Å². The Kier molecular flexibility index (Phi) is 3.26. The van der Waals surface area contributed by atoms with Crippen molar-refractivity contribution in [3.05, 3.63) is 64.7 Å². The highest BCUT2D eigenvalue weighted by Gasteiger charge is 2.21. The van der Waals surface area contributed by atoms with Crippen LogP contribution in [0.4, 0.5) is 0 Å². The van der Waals surface area contributed by atoms with Gasteiger partial charge >= 0.3 is 0 Å². The van der Waals surface area contributed by atoms with Gasteiger partial charge in [-0.25, -0.2) is 0 Å². The van der Waals surface area contributed by atoms with E-state index < -0.39 is 6.10 Å². The van der Waals surface area contributed by atoms with Crippen molar-refractivity contribution in [2.45, 2.75) is 25.9 Å². The fourth-order valence-corrected chi connectivity index (χ4v) is 2.69. The van der Waals surface area contributed by atoms with Gasteiger partial charge < -0.3 is 9.84 Å². The van der Waals surface area contributed by atoms with Crippen LogP contribution in [0.15, 0.2) is 42.5 Å². The lowest BCUT2D eigenvalue weighted by molar-refractivity contribution is 0.206. The topological polar surface area (TPSA) is 29.5 Å². The zero-order valence-electron chi connectivity index (χ0n) is 11.1. The van der Waals surface area contributed by atoms with E-state index in [1.165, 1.54) is 5.56 Å². The number of hydrogen-bond acceptors (Lipinski definition) is 2. The molecule has 0 saturated carbocycles. The smallest absolute Gasteiger partial charge is 0.128 e. The molecule has 19 heavy (non-hydrogen) atoms. The highest BCUT2D eigenvalue weighted by atomic mass is 16.5. The first-order chi connectivity index (χ1) is 9.27. The Hall–Kier alpha value is -1.80. The van der Waals surface area contributed by atoms with Gasteiger partial charge in [0.05, 0.1) is 6.61 Å². The first kappa shape index (κ1) is 12.2. The molecule has 0 fully saturated rings. The van der Waals surface area contributed by atoms with E-state index in [1.807, 2.05) is 43.3 Å². The lowest BCUT2D eigenvalue weighted by Crippen LogP contribution is -2.13. The third-order valence-electron chi connectivity index (χ3n) is 3.74. The molecule has 2 aromatic rings. The van der Waals surface area contributed by atoms with E-state index in [9.17, 15) is 5.11 Å². The minimum absolute atomic E-state index is 0.616.